The van der Waals surface area contributed by atoms with E-state index < -0.39 is 5.41 Å². The Morgan fingerprint density at radius 3 is 1.70 bits per heavy atom. The molecule has 3 aromatic carbocycles. The number of fused-ring (bicyclic) bond motifs is 1. The summed E-state index contributed by atoms with van der Waals surface area (Å²) in [5.74, 6) is -0.428. The molecule has 0 bridgehead atoms. The van der Waals surface area contributed by atoms with Crippen molar-refractivity contribution in [1.82, 2.24) is 0 Å². The van der Waals surface area contributed by atoms with Gasteiger partial charge in [-0.15, -0.1) is 0 Å². The van der Waals surface area contributed by atoms with E-state index >= 15 is 0 Å². The fourth-order valence-electron chi connectivity index (χ4n) is 3.71. The van der Waals surface area contributed by atoms with Crippen molar-refractivity contribution >= 4 is 17.5 Å². The van der Waals surface area contributed by atoms with Crippen molar-refractivity contribution < 1.29 is 14.3 Å². The second-order valence-corrected chi connectivity index (χ2v) is 8.51. The molecule has 3 heteroatoms. The van der Waals surface area contributed by atoms with Gasteiger partial charge in [0.25, 0.3) is 0 Å². The van der Waals surface area contributed by atoms with Crippen LogP contribution in [-0.4, -0.2) is 11.8 Å². The first-order valence-corrected chi connectivity index (χ1v) is 10.1. The van der Waals surface area contributed by atoms with Crippen molar-refractivity contribution in [3.05, 3.63) is 113 Å². The molecule has 0 saturated heterocycles. The molecule has 0 unspecified atom stereocenters. The van der Waals surface area contributed by atoms with Crippen molar-refractivity contribution in [2.75, 3.05) is 0 Å². The SMILES string of the molecule is CC(C)(C)C(=O)OC1=C(C(c2ccccc2)c2ccccc2)C(=O)c2ccccc21. The number of rotatable bonds is 4. The Hall–Kier alpha value is -3.46. The minimum atomic E-state index is -0.687. The summed E-state index contributed by atoms with van der Waals surface area (Å²) in [6, 6.07) is 27.1. The van der Waals surface area contributed by atoms with Gasteiger partial charge >= 0.3 is 5.97 Å². The molecule has 0 aromatic heterocycles. The van der Waals surface area contributed by atoms with E-state index in [0.717, 1.165) is 11.1 Å². The molecule has 0 N–H and O–H groups in total. The summed E-state index contributed by atoms with van der Waals surface area (Å²) in [6.45, 7) is 5.43. The van der Waals surface area contributed by atoms with E-state index in [9.17, 15) is 9.59 Å². The van der Waals surface area contributed by atoms with Crippen LogP contribution in [0, 0.1) is 5.41 Å². The van der Waals surface area contributed by atoms with E-state index in [1.165, 1.54) is 0 Å². The molecule has 1 aliphatic carbocycles. The summed E-state index contributed by atoms with van der Waals surface area (Å²) < 4.78 is 5.93. The van der Waals surface area contributed by atoms with E-state index in [0.29, 0.717) is 22.5 Å². The van der Waals surface area contributed by atoms with E-state index in [1.807, 2.05) is 99.6 Å². The van der Waals surface area contributed by atoms with Crippen molar-refractivity contribution in [2.24, 2.45) is 5.41 Å². The number of hydrogen-bond acceptors (Lipinski definition) is 3. The average Bonchev–Trinajstić information content (AvgIpc) is 3.01. The van der Waals surface area contributed by atoms with Crippen LogP contribution >= 0.6 is 0 Å². The first-order valence-electron chi connectivity index (χ1n) is 10.1. The highest BCUT2D eigenvalue weighted by Gasteiger charge is 2.39. The van der Waals surface area contributed by atoms with Gasteiger partial charge in [0, 0.05) is 17.0 Å². The van der Waals surface area contributed by atoms with E-state index in [4.69, 9.17) is 4.74 Å². The molecule has 0 amide bonds. The lowest BCUT2D eigenvalue weighted by Gasteiger charge is -2.22. The molecule has 0 aliphatic heterocycles. The third-order valence-corrected chi connectivity index (χ3v) is 5.27. The Morgan fingerprint density at radius 1 is 0.733 bits per heavy atom. The zero-order chi connectivity index (χ0) is 21.3. The Kier molecular flexibility index (Phi) is 5.13. The summed E-state index contributed by atoms with van der Waals surface area (Å²) in [5, 5.41) is 0. The molecular formula is C27H24O3. The maximum absolute atomic E-state index is 13.6. The standard InChI is InChI=1S/C27H24O3/c1-27(2,3)26(29)30-25-21-17-11-10-16-20(21)24(28)23(25)22(18-12-6-4-7-13-18)19-14-8-5-9-15-19/h4-17,22H,1-3H3. The Labute approximate surface area is 177 Å². The van der Waals surface area contributed by atoms with Crippen LogP contribution in [0.1, 0.15) is 53.7 Å². The van der Waals surface area contributed by atoms with Crippen molar-refractivity contribution in [1.29, 1.82) is 0 Å². The van der Waals surface area contributed by atoms with Crippen LogP contribution in [0.4, 0.5) is 0 Å². The quantitative estimate of drug-likeness (QED) is 0.507. The van der Waals surface area contributed by atoms with Gasteiger partial charge in [-0.3, -0.25) is 9.59 Å². The summed E-state index contributed by atoms with van der Waals surface area (Å²) in [5.41, 5.74) is 3.01. The fourth-order valence-corrected chi connectivity index (χ4v) is 3.71. The number of benzene rings is 3. The molecule has 3 nitrogen and oxygen atoms in total. The predicted octanol–water partition coefficient (Wildman–Crippen LogP) is 6.02. The molecule has 0 fully saturated rings. The maximum atomic E-state index is 13.6. The number of esters is 1. The predicted molar refractivity (Wildman–Crippen MR) is 118 cm³/mol. The Bertz CT molecular complexity index is 1080. The van der Waals surface area contributed by atoms with Crippen LogP contribution in [0.25, 0.3) is 5.76 Å². The smallest absolute Gasteiger partial charge is 0.316 e. The largest absolute Gasteiger partial charge is 0.425 e. The second-order valence-electron chi connectivity index (χ2n) is 8.51. The number of ketones is 1. The number of hydrogen-bond donors (Lipinski definition) is 0. The number of ether oxygens (including phenoxy) is 1. The van der Waals surface area contributed by atoms with Gasteiger partial charge < -0.3 is 4.74 Å². The third-order valence-electron chi connectivity index (χ3n) is 5.27. The normalized spacial score (nSPS) is 13.5. The minimum absolute atomic E-state index is 0.0972. The highest BCUT2D eigenvalue weighted by atomic mass is 16.5. The van der Waals surface area contributed by atoms with Crippen molar-refractivity contribution in [3.8, 4) is 0 Å². The number of allylic oxidation sites excluding steroid dienone is 1. The molecule has 0 spiro atoms. The molecule has 0 saturated carbocycles. The van der Waals surface area contributed by atoms with Gasteiger partial charge in [0.15, 0.2) is 5.78 Å². The van der Waals surface area contributed by atoms with Crippen LogP contribution < -0.4 is 0 Å². The second kappa shape index (κ2) is 7.75. The van der Waals surface area contributed by atoms with Crippen LogP contribution in [0.3, 0.4) is 0 Å². The number of carbonyl (C=O) groups is 2. The molecule has 1 aliphatic rings. The molecule has 150 valence electrons. The van der Waals surface area contributed by atoms with Gasteiger partial charge in [-0.2, -0.15) is 0 Å². The fraction of sp³-hybridized carbons (Fsp3) is 0.185. The minimum Gasteiger partial charge on any atom is -0.425 e. The third kappa shape index (κ3) is 3.59. The monoisotopic (exact) mass is 396 g/mol. The highest BCUT2D eigenvalue weighted by molar-refractivity contribution is 6.21. The highest BCUT2D eigenvalue weighted by Crippen LogP contribution is 2.44. The maximum Gasteiger partial charge on any atom is 0.316 e. The van der Waals surface area contributed by atoms with Gasteiger partial charge in [0.2, 0.25) is 0 Å². The molecule has 0 radical (unpaired) electrons. The van der Waals surface area contributed by atoms with Gasteiger partial charge in [-0.05, 0) is 31.9 Å². The summed E-state index contributed by atoms with van der Waals surface area (Å²) >= 11 is 0. The summed E-state index contributed by atoms with van der Waals surface area (Å²) in [7, 11) is 0. The number of carbonyl (C=O) groups excluding carboxylic acids is 2. The van der Waals surface area contributed by atoms with Gasteiger partial charge in [0.05, 0.1) is 11.0 Å². The molecule has 0 heterocycles. The lowest BCUT2D eigenvalue weighted by molar-refractivity contribution is -0.145. The van der Waals surface area contributed by atoms with Crippen LogP contribution in [0.5, 0.6) is 0 Å². The summed E-state index contributed by atoms with van der Waals surface area (Å²) in [6.07, 6.45) is 0. The zero-order valence-electron chi connectivity index (χ0n) is 17.4. The number of Topliss-reactive ketones (excluding diaryl/α,β-unsaturated/α-hetero) is 1. The van der Waals surface area contributed by atoms with Crippen LogP contribution in [-0.2, 0) is 9.53 Å². The van der Waals surface area contributed by atoms with Crippen molar-refractivity contribution in [3.63, 3.8) is 0 Å². The summed E-state index contributed by atoms with van der Waals surface area (Å²) in [4.78, 5) is 26.4. The van der Waals surface area contributed by atoms with Gasteiger partial charge in [-0.25, -0.2) is 0 Å². The molecule has 3 aromatic rings. The average molecular weight is 396 g/mol. The first kappa shape index (κ1) is 19.8. The topological polar surface area (TPSA) is 43.4 Å². The Balaban J connectivity index is 1.95. The Morgan fingerprint density at radius 2 is 1.20 bits per heavy atom. The van der Waals surface area contributed by atoms with Gasteiger partial charge in [0.1, 0.15) is 5.76 Å². The lowest BCUT2D eigenvalue weighted by atomic mass is 9.83. The van der Waals surface area contributed by atoms with E-state index in [2.05, 4.69) is 0 Å². The molecule has 30 heavy (non-hydrogen) atoms. The zero-order valence-corrected chi connectivity index (χ0v) is 17.4. The van der Waals surface area contributed by atoms with Crippen LogP contribution in [0.2, 0.25) is 0 Å². The van der Waals surface area contributed by atoms with Gasteiger partial charge in [-0.1, -0.05) is 84.9 Å². The first-order chi connectivity index (χ1) is 14.4. The van der Waals surface area contributed by atoms with Crippen molar-refractivity contribution in [2.45, 2.75) is 26.7 Å². The van der Waals surface area contributed by atoms with E-state index in [-0.39, 0.29) is 17.7 Å². The molecular weight excluding hydrogens is 372 g/mol. The van der Waals surface area contributed by atoms with E-state index in [1.54, 1.807) is 6.07 Å². The molecule has 0 atom stereocenters. The van der Waals surface area contributed by atoms with Crippen LogP contribution in [0.15, 0.2) is 90.5 Å². The molecule has 4 rings (SSSR count). The lowest BCUT2D eigenvalue weighted by Crippen LogP contribution is -2.23.